The smallest absolute Gasteiger partial charge is 0.308 e. The number of primary amides is 1. The monoisotopic (exact) mass is 444 g/mol. The maximum absolute atomic E-state index is 14.8. The second-order valence-electron chi connectivity index (χ2n) is 8.06. The highest BCUT2D eigenvalue weighted by Gasteiger charge is 2.34. The number of nitrogens with two attached hydrogens (primary N) is 1. The van der Waals surface area contributed by atoms with Gasteiger partial charge < -0.3 is 15.8 Å². The van der Waals surface area contributed by atoms with E-state index in [2.05, 4.69) is 10.4 Å². The Morgan fingerprint density at radius 2 is 1.94 bits per heavy atom. The van der Waals surface area contributed by atoms with Gasteiger partial charge in [-0.25, -0.2) is 4.39 Å². The van der Waals surface area contributed by atoms with Crippen molar-refractivity contribution < 1.29 is 23.5 Å². The van der Waals surface area contributed by atoms with E-state index in [0.29, 0.717) is 12.2 Å². The molecule has 1 heterocycles. The Bertz CT molecular complexity index is 996. The third-order valence-electron chi connectivity index (χ3n) is 5.80. The molecule has 1 fully saturated rings. The zero-order valence-electron chi connectivity index (χ0n) is 18.4. The van der Waals surface area contributed by atoms with Crippen molar-refractivity contribution in [2.24, 2.45) is 11.7 Å². The number of aryl methyl sites for hydroxylation is 1. The first-order chi connectivity index (χ1) is 15.3. The molecule has 1 aliphatic rings. The number of hydrogen-bond acceptors (Lipinski definition) is 5. The largest absolute Gasteiger partial charge is 0.423 e. The minimum Gasteiger partial charge on any atom is -0.423 e. The highest BCUT2D eigenvalue weighted by molar-refractivity contribution is 5.97. The first kappa shape index (κ1) is 23.4. The van der Waals surface area contributed by atoms with Gasteiger partial charge in [0.15, 0.2) is 11.6 Å². The van der Waals surface area contributed by atoms with E-state index in [1.54, 1.807) is 6.07 Å². The number of aromatic nitrogens is 2. The molecule has 0 aliphatic heterocycles. The van der Waals surface area contributed by atoms with E-state index in [1.165, 1.54) is 29.8 Å². The van der Waals surface area contributed by atoms with Gasteiger partial charge in [0.1, 0.15) is 5.69 Å². The van der Waals surface area contributed by atoms with Crippen LogP contribution < -0.4 is 15.8 Å². The van der Waals surface area contributed by atoms with Gasteiger partial charge in [0.25, 0.3) is 5.91 Å². The minimum absolute atomic E-state index is 0.00172. The molecule has 0 saturated heterocycles. The van der Waals surface area contributed by atoms with Gasteiger partial charge in [-0.3, -0.25) is 19.1 Å². The number of esters is 1. The number of nitrogens with zero attached hydrogens (tertiary/aromatic N) is 2. The van der Waals surface area contributed by atoms with Crippen LogP contribution in [0.4, 0.5) is 10.1 Å². The van der Waals surface area contributed by atoms with Crippen molar-refractivity contribution in [2.75, 3.05) is 5.32 Å². The van der Waals surface area contributed by atoms with Crippen LogP contribution in [0.3, 0.4) is 0 Å². The Labute approximate surface area is 186 Å². The summed E-state index contributed by atoms with van der Waals surface area (Å²) in [6.07, 6.45) is 5.83. The Hall–Kier alpha value is -3.23. The second kappa shape index (κ2) is 10.4. The van der Waals surface area contributed by atoms with Crippen LogP contribution in [0.5, 0.6) is 5.75 Å². The van der Waals surface area contributed by atoms with Gasteiger partial charge in [-0.05, 0) is 43.9 Å². The van der Waals surface area contributed by atoms with E-state index < -0.39 is 29.5 Å². The fraction of sp³-hybridized carbons (Fsp3) is 0.478. The van der Waals surface area contributed by atoms with E-state index in [-0.39, 0.29) is 23.0 Å². The van der Waals surface area contributed by atoms with E-state index in [9.17, 15) is 18.8 Å². The average molecular weight is 445 g/mol. The number of carbonyl (C=O) groups excluding carboxylic acids is 3. The highest BCUT2D eigenvalue weighted by Crippen LogP contribution is 2.36. The lowest BCUT2D eigenvalue weighted by molar-refractivity contribution is -0.132. The van der Waals surface area contributed by atoms with Crippen LogP contribution >= 0.6 is 0 Å². The molecular formula is C23H29FN4O4. The van der Waals surface area contributed by atoms with Crippen LogP contribution in [-0.2, 0) is 16.1 Å². The molecule has 8 nitrogen and oxygen atoms in total. The van der Waals surface area contributed by atoms with E-state index >= 15 is 0 Å². The van der Waals surface area contributed by atoms with Gasteiger partial charge in [-0.2, -0.15) is 5.10 Å². The van der Waals surface area contributed by atoms with Gasteiger partial charge in [-0.15, -0.1) is 0 Å². The molecule has 2 amide bonds. The molecule has 172 valence electrons. The number of anilines is 1. The van der Waals surface area contributed by atoms with Gasteiger partial charge in [0, 0.05) is 13.5 Å². The molecule has 0 bridgehead atoms. The van der Waals surface area contributed by atoms with E-state index in [0.717, 1.165) is 38.5 Å². The van der Waals surface area contributed by atoms with E-state index in [4.69, 9.17) is 10.5 Å². The number of nitrogens with one attached hydrogen (secondary N) is 1. The number of rotatable bonds is 7. The van der Waals surface area contributed by atoms with Crippen LogP contribution in [0.25, 0.3) is 0 Å². The summed E-state index contributed by atoms with van der Waals surface area (Å²) in [4.78, 5) is 36.5. The molecule has 0 spiro atoms. The van der Waals surface area contributed by atoms with Gasteiger partial charge >= 0.3 is 5.97 Å². The van der Waals surface area contributed by atoms with Crippen LogP contribution in [0.2, 0.25) is 0 Å². The van der Waals surface area contributed by atoms with Crippen LogP contribution in [0, 0.1) is 11.7 Å². The third-order valence-corrected chi connectivity index (χ3v) is 5.80. The summed E-state index contributed by atoms with van der Waals surface area (Å²) in [7, 11) is 0. The van der Waals surface area contributed by atoms with E-state index in [1.807, 2.05) is 6.92 Å². The van der Waals surface area contributed by atoms with Crippen molar-refractivity contribution in [1.29, 1.82) is 0 Å². The number of benzene rings is 1. The second-order valence-corrected chi connectivity index (χ2v) is 8.06. The number of amides is 2. The first-order valence-electron chi connectivity index (χ1n) is 11.0. The summed E-state index contributed by atoms with van der Waals surface area (Å²) in [5.74, 6) is -3.46. The normalized spacial score (nSPS) is 15.6. The number of hydrogen-bond donors (Lipinski definition) is 2. The molecular weight excluding hydrogens is 415 g/mol. The molecule has 3 N–H and O–H groups in total. The van der Waals surface area contributed by atoms with Crippen LogP contribution in [0.15, 0.2) is 24.3 Å². The Morgan fingerprint density at radius 1 is 1.25 bits per heavy atom. The molecule has 0 radical (unpaired) electrons. The Kier molecular flexibility index (Phi) is 7.61. The molecule has 0 unspecified atom stereocenters. The predicted octanol–water partition coefficient (Wildman–Crippen LogP) is 3.76. The summed E-state index contributed by atoms with van der Waals surface area (Å²) < 4.78 is 21.2. The van der Waals surface area contributed by atoms with Crippen molar-refractivity contribution in [2.45, 2.75) is 64.8 Å². The van der Waals surface area contributed by atoms with Crippen molar-refractivity contribution >= 4 is 23.5 Å². The molecule has 1 aromatic heterocycles. The lowest BCUT2D eigenvalue weighted by Gasteiger charge is -2.24. The predicted molar refractivity (Wildman–Crippen MR) is 117 cm³/mol. The van der Waals surface area contributed by atoms with Gasteiger partial charge in [0.2, 0.25) is 5.91 Å². The molecule has 1 saturated carbocycles. The zero-order valence-corrected chi connectivity index (χ0v) is 18.4. The summed E-state index contributed by atoms with van der Waals surface area (Å²) in [5, 5.41) is 7.14. The lowest BCUT2D eigenvalue weighted by Crippen LogP contribution is -2.28. The number of ether oxygens (including phenoxy) is 1. The van der Waals surface area contributed by atoms with Crippen LogP contribution in [0.1, 0.15) is 74.5 Å². The van der Waals surface area contributed by atoms with Crippen molar-refractivity contribution in [3.05, 3.63) is 41.5 Å². The van der Waals surface area contributed by atoms with Crippen molar-refractivity contribution in [3.63, 3.8) is 0 Å². The topological polar surface area (TPSA) is 116 Å². The molecule has 9 heteroatoms. The molecule has 1 aromatic carbocycles. The van der Waals surface area contributed by atoms with Crippen LogP contribution in [-0.4, -0.2) is 27.6 Å². The molecule has 32 heavy (non-hydrogen) atoms. The summed E-state index contributed by atoms with van der Waals surface area (Å²) >= 11 is 0. The lowest BCUT2D eigenvalue weighted by atomic mass is 9.83. The summed E-state index contributed by atoms with van der Waals surface area (Å²) in [6, 6.07) is 5.78. The maximum atomic E-state index is 14.8. The molecule has 2 aromatic rings. The fourth-order valence-electron chi connectivity index (χ4n) is 4.31. The molecule has 3 rings (SSSR count). The highest BCUT2D eigenvalue weighted by atomic mass is 19.1. The molecule has 1 aliphatic carbocycles. The summed E-state index contributed by atoms with van der Waals surface area (Å²) in [5.41, 5.74) is 6.09. The zero-order chi connectivity index (χ0) is 23.3. The number of carbonyl (C=O) groups is 3. The quantitative estimate of drug-likeness (QED) is 0.383. The van der Waals surface area contributed by atoms with Gasteiger partial charge in [0.05, 0.1) is 17.3 Å². The minimum atomic E-state index is -0.826. The summed E-state index contributed by atoms with van der Waals surface area (Å²) in [6.45, 7) is 3.43. The fourth-order valence-corrected chi connectivity index (χ4v) is 4.31. The first-order valence-corrected chi connectivity index (χ1v) is 11.0. The Morgan fingerprint density at radius 3 is 2.50 bits per heavy atom. The maximum Gasteiger partial charge on any atom is 0.308 e. The van der Waals surface area contributed by atoms with Crippen molar-refractivity contribution in [1.82, 2.24) is 9.78 Å². The molecule has 1 atom stereocenters. The average Bonchev–Trinajstić information content (AvgIpc) is 2.99. The number of halogens is 1. The Balaban J connectivity index is 1.96. The van der Waals surface area contributed by atoms with Crippen molar-refractivity contribution in [3.8, 4) is 5.75 Å². The standard InChI is InChI=1S/C23H29FN4O4/c1-3-28-18(22(25)30)13-17(27-28)20(15-9-6-4-5-7-10-15)23(31)26-16-11-8-12-19(21(16)24)32-14(2)29/h8,11-13,15,20H,3-7,9-10H2,1-2H3,(H2,25,30)(H,26,31)/t20-/m0/s1. The van der Waals surface area contributed by atoms with Gasteiger partial charge in [-0.1, -0.05) is 31.7 Å². The third kappa shape index (κ3) is 5.33. The SMILES string of the molecule is CCn1nc([C@@H](C(=O)Nc2cccc(OC(C)=O)c2F)C2CCCCCC2)cc1C(N)=O.